The van der Waals surface area contributed by atoms with Crippen molar-refractivity contribution in [2.45, 2.75) is 0 Å². The second-order valence-corrected chi connectivity index (χ2v) is 3.86. The number of non-ortho nitro benzene ring substituents is 1. The van der Waals surface area contributed by atoms with Gasteiger partial charge in [0.1, 0.15) is 10.9 Å². The summed E-state index contributed by atoms with van der Waals surface area (Å²) in [6.07, 6.45) is 1.47. The Labute approximate surface area is 113 Å². The Hall–Kier alpha value is -2.41. The number of aromatic nitrogens is 2. The van der Waals surface area contributed by atoms with Gasteiger partial charge in [-0.15, -0.1) is 0 Å². The number of hydrogen-bond acceptors (Lipinski definition) is 6. The van der Waals surface area contributed by atoms with Crippen LogP contribution in [0.2, 0.25) is 5.15 Å². The van der Waals surface area contributed by atoms with Crippen molar-refractivity contribution in [3.63, 3.8) is 0 Å². The average molecular weight is 281 g/mol. The molecule has 0 bridgehead atoms. The van der Waals surface area contributed by atoms with Crippen molar-refractivity contribution in [2.75, 3.05) is 12.4 Å². The van der Waals surface area contributed by atoms with Crippen LogP contribution in [0.25, 0.3) is 0 Å². The monoisotopic (exact) mass is 280 g/mol. The zero-order valence-electron chi connectivity index (χ0n) is 9.83. The van der Waals surface area contributed by atoms with Gasteiger partial charge >= 0.3 is 0 Å². The van der Waals surface area contributed by atoms with Gasteiger partial charge in [-0.05, 0) is 12.1 Å². The molecule has 19 heavy (non-hydrogen) atoms. The molecule has 0 unspecified atom stereocenters. The van der Waals surface area contributed by atoms with Crippen LogP contribution in [-0.2, 0) is 0 Å². The highest BCUT2D eigenvalue weighted by Crippen LogP contribution is 2.30. The predicted molar refractivity (Wildman–Crippen MR) is 70.0 cm³/mol. The maximum atomic E-state index is 10.7. The lowest BCUT2D eigenvalue weighted by Gasteiger charge is -2.09. The fourth-order valence-corrected chi connectivity index (χ4v) is 1.56. The summed E-state index contributed by atoms with van der Waals surface area (Å²) in [6.45, 7) is 0. The summed E-state index contributed by atoms with van der Waals surface area (Å²) in [7, 11) is 1.46. The average Bonchev–Trinajstić information content (AvgIpc) is 2.38. The molecule has 2 aromatic rings. The second-order valence-electron chi connectivity index (χ2n) is 3.47. The summed E-state index contributed by atoms with van der Waals surface area (Å²) in [5.41, 5.74) is 0.323. The van der Waals surface area contributed by atoms with Crippen molar-refractivity contribution in [1.82, 2.24) is 9.97 Å². The minimum Gasteiger partial charge on any atom is -0.495 e. The van der Waals surface area contributed by atoms with Crippen LogP contribution in [0.5, 0.6) is 5.75 Å². The lowest BCUT2D eigenvalue weighted by molar-refractivity contribution is -0.384. The molecule has 98 valence electrons. The van der Waals surface area contributed by atoms with E-state index in [-0.39, 0.29) is 16.8 Å². The topological polar surface area (TPSA) is 90.2 Å². The third-order valence-electron chi connectivity index (χ3n) is 2.26. The molecule has 0 saturated heterocycles. The summed E-state index contributed by atoms with van der Waals surface area (Å²) in [5, 5.41) is 13.8. The van der Waals surface area contributed by atoms with Gasteiger partial charge in [-0.25, -0.2) is 9.97 Å². The molecular weight excluding hydrogens is 272 g/mol. The van der Waals surface area contributed by atoms with Gasteiger partial charge in [-0.3, -0.25) is 10.1 Å². The highest BCUT2D eigenvalue weighted by molar-refractivity contribution is 6.29. The number of hydrogen-bond donors (Lipinski definition) is 1. The molecule has 0 atom stereocenters. The SMILES string of the molecule is COc1ccc([N+](=O)[O-])cc1Nc1nccc(Cl)n1. The van der Waals surface area contributed by atoms with Crippen molar-refractivity contribution in [3.8, 4) is 5.75 Å². The van der Waals surface area contributed by atoms with E-state index in [1.54, 1.807) is 0 Å². The van der Waals surface area contributed by atoms with E-state index in [4.69, 9.17) is 16.3 Å². The Kier molecular flexibility index (Phi) is 3.76. The third kappa shape index (κ3) is 3.08. The summed E-state index contributed by atoms with van der Waals surface area (Å²) < 4.78 is 5.11. The molecule has 0 aliphatic rings. The van der Waals surface area contributed by atoms with Gasteiger partial charge in [0.25, 0.3) is 5.69 Å². The quantitative estimate of drug-likeness (QED) is 0.526. The smallest absolute Gasteiger partial charge is 0.271 e. The van der Waals surface area contributed by atoms with E-state index in [9.17, 15) is 10.1 Å². The van der Waals surface area contributed by atoms with Gasteiger partial charge in [0, 0.05) is 18.3 Å². The van der Waals surface area contributed by atoms with Crippen molar-refractivity contribution >= 4 is 28.9 Å². The third-order valence-corrected chi connectivity index (χ3v) is 2.47. The van der Waals surface area contributed by atoms with Crippen LogP contribution in [-0.4, -0.2) is 22.0 Å². The number of nitrogens with one attached hydrogen (secondary N) is 1. The lowest BCUT2D eigenvalue weighted by atomic mass is 10.2. The zero-order valence-corrected chi connectivity index (χ0v) is 10.6. The molecule has 0 spiro atoms. The Morgan fingerprint density at radius 3 is 2.84 bits per heavy atom. The van der Waals surface area contributed by atoms with E-state index in [0.29, 0.717) is 11.4 Å². The number of ether oxygens (including phenoxy) is 1. The molecule has 1 N–H and O–H groups in total. The predicted octanol–water partition coefficient (Wildman–Crippen LogP) is 2.79. The first-order valence-corrected chi connectivity index (χ1v) is 5.56. The molecule has 0 radical (unpaired) electrons. The first-order chi connectivity index (χ1) is 9.10. The van der Waals surface area contributed by atoms with Gasteiger partial charge < -0.3 is 10.1 Å². The summed E-state index contributed by atoms with van der Waals surface area (Å²) in [4.78, 5) is 18.1. The number of halogens is 1. The van der Waals surface area contributed by atoms with Crippen molar-refractivity contribution in [2.24, 2.45) is 0 Å². The molecule has 0 aliphatic carbocycles. The first-order valence-electron chi connectivity index (χ1n) is 5.18. The maximum Gasteiger partial charge on any atom is 0.271 e. The number of nitro groups is 1. The molecule has 0 aliphatic heterocycles. The molecule has 0 fully saturated rings. The maximum absolute atomic E-state index is 10.7. The lowest BCUT2D eigenvalue weighted by Crippen LogP contribution is -2.00. The minimum absolute atomic E-state index is 0.0645. The normalized spacial score (nSPS) is 10.0. The number of methoxy groups -OCH3 is 1. The van der Waals surface area contributed by atoms with Crippen molar-refractivity contribution in [3.05, 3.63) is 45.7 Å². The fraction of sp³-hybridized carbons (Fsp3) is 0.0909. The number of nitro benzene ring substituents is 1. The van der Waals surface area contributed by atoms with E-state index >= 15 is 0 Å². The number of nitrogens with zero attached hydrogens (tertiary/aromatic N) is 3. The van der Waals surface area contributed by atoms with Crippen LogP contribution >= 0.6 is 11.6 Å². The first kappa shape index (κ1) is 13.0. The van der Waals surface area contributed by atoms with E-state index in [0.717, 1.165) is 0 Å². The van der Waals surface area contributed by atoms with Gasteiger partial charge in [-0.1, -0.05) is 11.6 Å². The number of rotatable bonds is 4. The van der Waals surface area contributed by atoms with Gasteiger partial charge in [0.05, 0.1) is 17.7 Å². The standard InChI is InChI=1S/C11H9ClN4O3/c1-19-9-3-2-7(16(17)18)6-8(9)14-11-13-5-4-10(12)15-11/h2-6H,1H3,(H,13,14,15). The van der Waals surface area contributed by atoms with E-state index in [1.165, 1.54) is 37.6 Å². The van der Waals surface area contributed by atoms with Crippen LogP contribution in [0.15, 0.2) is 30.5 Å². The van der Waals surface area contributed by atoms with Gasteiger partial charge in [-0.2, -0.15) is 0 Å². The molecule has 1 aromatic heterocycles. The Bertz CT molecular complexity index is 621. The molecule has 0 amide bonds. The van der Waals surface area contributed by atoms with E-state index in [1.807, 2.05) is 0 Å². The summed E-state index contributed by atoms with van der Waals surface area (Å²) >= 11 is 5.74. The zero-order chi connectivity index (χ0) is 13.8. The van der Waals surface area contributed by atoms with Crippen LogP contribution in [0, 0.1) is 10.1 Å². The number of anilines is 2. The van der Waals surface area contributed by atoms with Crippen LogP contribution < -0.4 is 10.1 Å². The van der Waals surface area contributed by atoms with Crippen LogP contribution in [0.3, 0.4) is 0 Å². The second kappa shape index (κ2) is 5.49. The summed E-state index contributed by atoms with van der Waals surface area (Å²) in [5.74, 6) is 0.667. The van der Waals surface area contributed by atoms with Crippen molar-refractivity contribution in [1.29, 1.82) is 0 Å². The molecule has 8 heteroatoms. The largest absolute Gasteiger partial charge is 0.495 e. The van der Waals surface area contributed by atoms with Gasteiger partial charge in [0.15, 0.2) is 0 Å². The minimum atomic E-state index is -0.497. The van der Waals surface area contributed by atoms with Gasteiger partial charge in [0.2, 0.25) is 5.95 Å². The van der Waals surface area contributed by atoms with E-state index < -0.39 is 4.92 Å². The van der Waals surface area contributed by atoms with Crippen LogP contribution in [0.1, 0.15) is 0 Å². The molecule has 7 nitrogen and oxygen atoms in total. The Balaban J connectivity index is 2.37. The highest BCUT2D eigenvalue weighted by atomic mass is 35.5. The Morgan fingerprint density at radius 1 is 1.42 bits per heavy atom. The molecule has 2 rings (SSSR count). The Morgan fingerprint density at radius 2 is 2.21 bits per heavy atom. The summed E-state index contributed by atoms with van der Waals surface area (Å²) in [6, 6.07) is 5.70. The fourth-order valence-electron chi connectivity index (χ4n) is 1.42. The van der Waals surface area contributed by atoms with E-state index in [2.05, 4.69) is 15.3 Å². The van der Waals surface area contributed by atoms with Crippen LogP contribution in [0.4, 0.5) is 17.3 Å². The molecule has 1 heterocycles. The molecule has 1 aromatic carbocycles. The molecular formula is C11H9ClN4O3. The van der Waals surface area contributed by atoms with Crippen molar-refractivity contribution < 1.29 is 9.66 Å². The number of benzene rings is 1. The highest BCUT2D eigenvalue weighted by Gasteiger charge is 2.12. The molecule has 0 saturated carbocycles.